The van der Waals surface area contributed by atoms with E-state index in [0.29, 0.717) is 18.5 Å². The van der Waals surface area contributed by atoms with Crippen LogP contribution in [-0.2, 0) is 13.0 Å². The molecular formula is C18H25N3O2. The molecule has 1 heterocycles. The van der Waals surface area contributed by atoms with Crippen molar-refractivity contribution in [2.45, 2.75) is 51.8 Å². The minimum absolute atomic E-state index is 0.0116. The van der Waals surface area contributed by atoms with Crippen LogP contribution in [0.4, 0.5) is 0 Å². The van der Waals surface area contributed by atoms with Gasteiger partial charge in [-0.2, -0.15) is 5.10 Å². The van der Waals surface area contributed by atoms with Crippen LogP contribution in [0.5, 0.6) is 0 Å². The van der Waals surface area contributed by atoms with Gasteiger partial charge in [0.25, 0.3) is 5.91 Å². The fraction of sp³-hybridized carbons (Fsp3) is 0.444. The first kappa shape index (κ1) is 17.2. The van der Waals surface area contributed by atoms with Crippen molar-refractivity contribution in [3.8, 4) is 0 Å². The number of rotatable bonds is 7. The highest BCUT2D eigenvalue weighted by molar-refractivity contribution is 5.94. The summed E-state index contributed by atoms with van der Waals surface area (Å²) in [6, 6.07) is 9.41. The standard InChI is InChI=1S/C18H25N3O2/c1-14(13-21-11-5-10-19-21)20-17(22)16-7-4-6-15(12-16)8-9-18(2,3)23/h4-7,10-12,14,23H,8-9,13H2,1-3H3,(H,20,22). The van der Waals surface area contributed by atoms with Gasteiger partial charge in [0.2, 0.25) is 0 Å². The molecular weight excluding hydrogens is 290 g/mol. The van der Waals surface area contributed by atoms with Crippen LogP contribution < -0.4 is 5.32 Å². The molecule has 5 heteroatoms. The third kappa shape index (κ3) is 5.87. The van der Waals surface area contributed by atoms with Crippen LogP contribution in [0.25, 0.3) is 0 Å². The van der Waals surface area contributed by atoms with Gasteiger partial charge in [-0.05, 0) is 57.4 Å². The van der Waals surface area contributed by atoms with Gasteiger partial charge in [-0.3, -0.25) is 9.48 Å². The van der Waals surface area contributed by atoms with Crippen molar-refractivity contribution >= 4 is 5.91 Å². The Morgan fingerprint density at radius 2 is 2.17 bits per heavy atom. The second-order valence-corrected chi connectivity index (χ2v) is 6.62. The van der Waals surface area contributed by atoms with Gasteiger partial charge >= 0.3 is 0 Å². The Morgan fingerprint density at radius 3 is 2.83 bits per heavy atom. The first-order chi connectivity index (χ1) is 10.8. The molecule has 0 fully saturated rings. The molecule has 0 bridgehead atoms. The summed E-state index contributed by atoms with van der Waals surface area (Å²) in [5.41, 5.74) is 1.00. The number of hydrogen-bond donors (Lipinski definition) is 2. The molecule has 0 saturated carbocycles. The van der Waals surface area contributed by atoms with Gasteiger partial charge in [0.05, 0.1) is 12.1 Å². The third-order valence-electron chi connectivity index (χ3n) is 3.61. The van der Waals surface area contributed by atoms with Crippen molar-refractivity contribution in [3.63, 3.8) is 0 Å². The fourth-order valence-corrected chi connectivity index (χ4v) is 2.36. The van der Waals surface area contributed by atoms with E-state index in [1.807, 2.05) is 43.5 Å². The quantitative estimate of drug-likeness (QED) is 0.824. The normalized spacial score (nSPS) is 12.9. The largest absolute Gasteiger partial charge is 0.390 e. The van der Waals surface area contributed by atoms with Crippen LogP contribution >= 0.6 is 0 Å². The SMILES string of the molecule is CC(Cn1cccn1)NC(=O)c1cccc(CCC(C)(C)O)c1. The van der Waals surface area contributed by atoms with E-state index in [1.165, 1.54) is 0 Å². The van der Waals surface area contributed by atoms with Gasteiger partial charge in [0, 0.05) is 24.0 Å². The minimum atomic E-state index is -0.698. The molecule has 1 atom stereocenters. The summed E-state index contributed by atoms with van der Waals surface area (Å²) in [4.78, 5) is 12.3. The molecule has 2 rings (SSSR count). The lowest BCUT2D eigenvalue weighted by Crippen LogP contribution is -2.35. The lowest BCUT2D eigenvalue weighted by atomic mass is 9.98. The number of amides is 1. The van der Waals surface area contributed by atoms with Gasteiger partial charge in [0.1, 0.15) is 0 Å². The minimum Gasteiger partial charge on any atom is -0.390 e. The maximum absolute atomic E-state index is 12.3. The number of aryl methyl sites for hydroxylation is 1. The average molecular weight is 315 g/mol. The van der Waals surface area contributed by atoms with Crippen molar-refractivity contribution in [1.29, 1.82) is 0 Å². The maximum atomic E-state index is 12.3. The van der Waals surface area contributed by atoms with Crippen molar-refractivity contribution < 1.29 is 9.90 Å². The molecule has 0 aliphatic rings. The smallest absolute Gasteiger partial charge is 0.251 e. The molecule has 23 heavy (non-hydrogen) atoms. The van der Waals surface area contributed by atoms with E-state index in [-0.39, 0.29) is 11.9 Å². The molecule has 0 spiro atoms. The van der Waals surface area contributed by atoms with E-state index in [0.717, 1.165) is 12.0 Å². The number of aliphatic hydroxyl groups is 1. The van der Waals surface area contributed by atoms with Crippen molar-refractivity contribution in [2.24, 2.45) is 0 Å². The predicted octanol–water partition coefficient (Wildman–Crippen LogP) is 2.41. The third-order valence-corrected chi connectivity index (χ3v) is 3.61. The summed E-state index contributed by atoms with van der Waals surface area (Å²) in [6.07, 6.45) is 5.00. The number of nitrogens with one attached hydrogen (secondary N) is 1. The zero-order valence-electron chi connectivity index (χ0n) is 14.0. The Balaban J connectivity index is 1.93. The summed E-state index contributed by atoms with van der Waals surface area (Å²) in [7, 11) is 0. The van der Waals surface area contributed by atoms with Crippen LogP contribution in [0.3, 0.4) is 0 Å². The summed E-state index contributed by atoms with van der Waals surface area (Å²) < 4.78 is 1.80. The van der Waals surface area contributed by atoms with Crippen LogP contribution in [0.2, 0.25) is 0 Å². The summed E-state index contributed by atoms with van der Waals surface area (Å²) >= 11 is 0. The van der Waals surface area contributed by atoms with E-state index < -0.39 is 5.60 Å². The second-order valence-electron chi connectivity index (χ2n) is 6.62. The van der Waals surface area contributed by atoms with Crippen LogP contribution in [0.15, 0.2) is 42.7 Å². The van der Waals surface area contributed by atoms with E-state index in [9.17, 15) is 9.90 Å². The predicted molar refractivity (Wildman–Crippen MR) is 90.2 cm³/mol. The molecule has 2 aromatic rings. The Bertz CT molecular complexity index is 630. The molecule has 2 N–H and O–H groups in total. The molecule has 0 radical (unpaired) electrons. The Hall–Kier alpha value is -2.14. The van der Waals surface area contributed by atoms with Gasteiger partial charge in [-0.1, -0.05) is 12.1 Å². The molecule has 0 aliphatic heterocycles. The van der Waals surface area contributed by atoms with Gasteiger partial charge < -0.3 is 10.4 Å². The van der Waals surface area contributed by atoms with Gasteiger partial charge in [-0.25, -0.2) is 0 Å². The van der Waals surface area contributed by atoms with E-state index in [2.05, 4.69) is 10.4 Å². The highest BCUT2D eigenvalue weighted by atomic mass is 16.3. The van der Waals surface area contributed by atoms with Gasteiger partial charge in [0.15, 0.2) is 0 Å². The Morgan fingerprint density at radius 1 is 1.39 bits per heavy atom. The summed E-state index contributed by atoms with van der Waals surface area (Å²) in [5.74, 6) is -0.0882. The van der Waals surface area contributed by atoms with Gasteiger partial charge in [-0.15, -0.1) is 0 Å². The number of hydrogen-bond acceptors (Lipinski definition) is 3. The van der Waals surface area contributed by atoms with Crippen molar-refractivity contribution in [2.75, 3.05) is 0 Å². The Kier molecular flexibility index (Phi) is 5.55. The number of nitrogens with zero attached hydrogens (tertiary/aromatic N) is 2. The Labute approximate surface area is 137 Å². The lowest BCUT2D eigenvalue weighted by molar-refractivity contribution is 0.0714. The number of carbonyl (C=O) groups is 1. The highest BCUT2D eigenvalue weighted by Crippen LogP contribution is 2.14. The highest BCUT2D eigenvalue weighted by Gasteiger charge is 2.14. The maximum Gasteiger partial charge on any atom is 0.251 e. The average Bonchev–Trinajstić information content (AvgIpc) is 2.97. The number of benzene rings is 1. The van der Waals surface area contributed by atoms with E-state index in [4.69, 9.17) is 0 Å². The first-order valence-corrected chi connectivity index (χ1v) is 7.93. The molecule has 1 aromatic carbocycles. The molecule has 5 nitrogen and oxygen atoms in total. The van der Waals surface area contributed by atoms with E-state index >= 15 is 0 Å². The number of aromatic nitrogens is 2. The zero-order chi connectivity index (χ0) is 16.9. The first-order valence-electron chi connectivity index (χ1n) is 7.93. The molecule has 1 unspecified atom stereocenters. The molecule has 0 aliphatic carbocycles. The number of carbonyl (C=O) groups excluding carboxylic acids is 1. The van der Waals surface area contributed by atoms with Crippen molar-refractivity contribution in [1.82, 2.24) is 15.1 Å². The van der Waals surface area contributed by atoms with Crippen molar-refractivity contribution in [3.05, 3.63) is 53.9 Å². The van der Waals surface area contributed by atoms with Crippen LogP contribution in [0.1, 0.15) is 43.1 Å². The fourth-order valence-electron chi connectivity index (χ4n) is 2.36. The second kappa shape index (κ2) is 7.42. The zero-order valence-corrected chi connectivity index (χ0v) is 14.0. The van der Waals surface area contributed by atoms with Crippen LogP contribution in [-0.4, -0.2) is 32.4 Å². The molecule has 0 saturated heterocycles. The molecule has 1 amide bonds. The molecule has 1 aromatic heterocycles. The monoisotopic (exact) mass is 315 g/mol. The summed E-state index contributed by atoms with van der Waals surface area (Å²) in [6.45, 7) is 6.18. The van der Waals surface area contributed by atoms with E-state index in [1.54, 1.807) is 24.7 Å². The molecule has 124 valence electrons. The lowest BCUT2D eigenvalue weighted by Gasteiger charge is -2.17. The summed E-state index contributed by atoms with van der Waals surface area (Å²) in [5, 5.41) is 16.9. The topological polar surface area (TPSA) is 67.2 Å². The van der Waals surface area contributed by atoms with Crippen LogP contribution in [0, 0.1) is 0 Å².